The molecule has 37 heavy (non-hydrogen) atoms. The second-order valence-corrected chi connectivity index (χ2v) is 10.3. The van der Waals surface area contributed by atoms with E-state index >= 15 is 0 Å². The van der Waals surface area contributed by atoms with Crippen LogP contribution in [-0.2, 0) is 13.1 Å². The maximum Gasteiger partial charge on any atom is 0.258 e. The Bertz CT molecular complexity index is 1140. The van der Waals surface area contributed by atoms with Crippen LogP contribution in [0.1, 0.15) is 78.1 Å². The molecule has 1 heterocycles. The summed E-state index contributed by atoms with van der Waals surface area (Å²) in [6.45, 7) is 11.1. The fourth-order valence-corrected chi connectivity index (χ4v) is 4.82. The second kappa shape index (κ2) is 13.4. The summed E-state index contributed by atoms with van der Waals surface area (Å²) in [7, 11) is 5.87. The molecule has 0 unspecified atom stereocenters. The Morgan fingerprint density at radius 3 is 2.54 bits per heavy atom. The third kappa shape index (κ3) is 7.45. The molecule has 0 saturated carbocycles. The van der Waals surface area contributed by atoms with Crippen molar-refractivity contribution in [2.24, 2.45) is 4.99 Å². The van der Waals surface area contributed by atoms with E-state index in [0.717, 1.165) is 65.1 Å². The normalized spacial score (nSPS) is 13.2. The van der Waals surface area contributed by atoms with Crippen LogP contribution in [0.15, 0.2) is 47.5 Å². The van der Waals surface area contributed by atoms with Gasteiger partial charge in [0.2, 0.25) is 0 Å². The van der Waals surface area contributed by atoms with E-state index in [1.54, 1.807) is 24.1 Å². The molecule has 2 aromatic carbocycles. The molecule has 0 saturated heterocycles. The molecule has 1 N–H and O–H groups in total. The summed E-state index contributed by atoms with van der Waals surface area (Å²) in [6, 6.07) is 9.49. The van der Waals surface area contributed by atoms with Gasteiger partial charge in [-0.1, -0.05) is 38.8 Å². The molecule has 2 aromatic rings. The zero-order valence-corrected chi connectivity index (χ0v) is 23.3. The minimum atomic E-state index is -0.188. The summed E-state index contributed by atoms with van der Waals surface area (Å²) in [5.41, 5.74) is 6.01. The molecule has 0 atom stereocenters. The van der Waals surface area contributed by atoms with Crippen LogP contribution in [0.2, 0.25) is 0 Å². The molecule has 1 amide bonds. The number of aromatic hydroxyl groups is 1. The number of carbonyl (C=O) groups excluding carboxylic acids is 1. The number of phenols is 1. The number of allylic oxidation sites excluding steroid dienone is 1. The van der Waals surface area contributed by atoms with Crippen LogP contribution in [0.4, 0.5) is 0 Å². The summed E-state index contributed by atoms with van der Waals surface area (Å²) in [4.78, 5) is 22.0. The number of benzene rings is 2. The quantitative estimate of drug-likeness (QED) is 0.263. The van der Waals surface area contributed by atoms with Crippen LogP contribution in [-0.4, -0.2) is 60.8 Å². The first-order valence-electron chi connectivity index (χ1n) is 13.4. The fraction of sp³-hybridized carbons (Fsp3) is 0.484. The number of carbonyl (C=O) groups is 1. The Morgan fingerprint density at radius 2 is 1.84 bits per heavy atom. The number of fused-ring (bicyclic) bond motifs is 1. The van der Waals surface area contributed by atoms with Crippen molar-refractivity contribution >= 4 is 11.6 Å². The van der Waals surface area contributed by atoms with Gasteiger partial charge in [0, 0.05) is 32.2 Å². The lowest BCUT2D eigenvalue weighted by molar-refractivity contribution is 0.0748. The Morgan fingerprint density at radius 1 is 1.08 bits per heavy atom. The van der Waals surface area contributed by atoms with Crippen molar-refractivity contribution in [1.82, 2.24) is 9.80 Å². The number of ether oxygens (including phenoxy) is 1. The average molecular weight is 506 g/mol. The maximum atomic E-state index is 13.6. The Hall–Kier alpha value is -3.12. The lowest BCUT2D eigenvalue weighted by atomic mass is 9.93. The van der Waals surface area contributed by atoms with E-state index in [2.05, 4.69) is 37.5 Å². The number of nitrogens with zero attached hydrogens (tertiary/aromatic N) is 3. The topological polar surface area (TPSA) is 65.4 Å². The number of aryl methyl sites for hydroxylation is 1. The van der Waals surface area contributed by atoms with E-state index in [9.17, 15) is 9.90 Å². The standard InChI is InChI=1S/C31H43N3O3/c1-7-8-9-10-12-22(2)30(32-4)27-19-28(29(35)17-23(27)3)31(36)34-20-24-13-14-26(18-25(24)21-34)37-16-11-15-33(5)6/h13-14,17-19,35H,2,7-12,15-16,20-21H2,1,3-6H3/b32-30-. The Kier molecular flexibility index (Phi) is 10.3. The Balaban J connectivity index is 1.72. The van der Waals surface area contributed by atoms with Crippen molar-refractivity contribution < 1.29 is 14.6 Å². The molecule has 0 aromatic heterocycles. The monoisotopic (exact) mass is 505 g/mol. The summed E-state index contributed by atoms with van der Waals surface area (Å²) >= 11 is 0. The van der Waals surface area contributed by atoms with Crippen molar-refractivity contribution in [1.29, 1.82) is 0 Å². The summed E-state index contributed by atoms with van der Waals surface area (Å²) in [5.74, 6) is 0.636. The zero-order chi connectivity index (χ0) is 26.9. The molecule has 0 radical (unpaired) electrons. The molecule has 1 aliphatic heterocycles. The van der Waals surface area contributed by atoms with Crippen molar-refractivity contribution in [3.05, 3.63) is 70.3 Å². The third-order valence-corrected chi connectivity index (χ3v) is 6.92. The number of hydrogen-bond donors (Lipinski definition) is 1. The Labute approximate surface area is 222 Å². The van der Waals surface area contributed by atoms with Gasteiger partial charge in [-0.05, 0) is 86.8 Å². The smallest absolute Gasteiger partial charge is 0.258 e. The number of rotatable bonds is 13. The number of aliphatic imine (C=N–C) groups is 1. The molecule has 1 aliphatic rings. The number of hydrogen-bond acceptors (Lipinski definition) is 5. The molecular formula is C31H43N3O3. The maximum absolute atomic E-state index is 13.6. The van der Waals surface area contributed by atoms with Gasteiger partial charge in [-0.3, -0.25) is 9.79 Å². The molecule has 200 valence electrons. The van der Waals surface area contributed by atoms with Crippen molar-refractivity contribution in [3.63, 3.8) is 0 Å². The first kappa shape index (κ1) is 28.5. The second-order valence-electron chi connectivity index (χ2n) is 10.3. The molecule has 0 spiro atoms. The van der Waals surface area contributed by atoms with Gasteiger partial charge in [0.1, 0.15) is 11.5 Å². The van der Waals surface area contributed by atoms with Crippen LogP contribution in [0, 0.1) is 6.92 Å². The van der Waals surface area contributed by atoms with E-state index in [4.69, 9.17) is 4.74 Å². The molecule has 6 heteroatoms. The minimum absolute atomic E-state index is 0.00358. The molecule has 0 fully saturated rings. The number of amides is 1. The van der Waals surface area contributed by atoms with Gasteiger partial charge in [0.05, 0.1) is 17.9 Å². The van der Waals surface area contributed by atoms with E-state index in [1.165, 1.54) is 19.3 Å². The summed E-state index contributed by atoms with van der Waals surface area (Å²) in [5, 5.41) is 10.7. The number of unbranched alkanes of at least 4 members (excludes halogenated alkanes) is 3. The highest BCUT2D eigenvalue weighted by atomic mass is 16.5. The SMILES string of the molecule is C=C(CCCCCC)/C(=N/C)c1cc(C(=O)N2Cc3ccc(OCCCN(C)C)cc3C2)c(O)cc1C. The third-order valence-electron chi connectivity index (χ3n) is 6.92. The van der Waals surface area contributed by atoms with Crippen molar-refractivity contribution in [2.75, 3.05) is 34.3 Å². The predicted molar refractivity (Wildman–Crippen MR) is 152 cm³/mol. The van der Waals surface area contributed by atoms with E-state index in [-0.39, 0.29) is 11.7 Å². The van der Waals surface area contributed by atoms with Crippen LogP contribution >= 0.6 is 0 Å². The molecular weight excluding hydrogens is 462 g/mol. The van der Waals surface area contributed by atoms with Gasteiger partial charge in [-0.15, -0.1) is 0 Å². The van der Waals surface area contributed by atoms with Gasteiger partial charge >= 0.3 is 0 Å². The van der Waals surface area contributed by atoms with E-state index in [1.807, 2.05) is 25.1 Å². The van der Waals surface area contributed by atoms with Crippen LogP contribution in [0.25, 0.3) is 0 Å². The molecule has 3 rings (SSSR count). The largest absolute Gasteiger partial charge is 0.507 e. The summed E-state index contributed by atoms with van der Waals surface area (Å²) in [6.07, 6.45) is 6.47. The molecule has 6 nitrogen and oxygen atoms in total. The number of phenolic OH excluding ortho intramolecular Hbond substituents is 1. The predicted octanol–water partition coefficient (Wildman–Crippen LogP) is 6.13. The first-order valence-corrected chi connectivity index (χ1v) is 13.4. The van der Waals surface area contributed by atoms with Crippen molar-refractivity contribution in [3.8, 4) is 11.5 Å². The van der Waals surface area contributed by atoms with Gasteiger partial charge in [0.15, 0.2) is 0 Å². The zero-order valence-electron chi connectivity index (χ0n) is 23.3. The van der Waals surface area contributed by atoms with E-state index < -0.39 is 0 Å². The van der Waals surface area contributed by atoms with Crippen LogP contribution in [0.3, 0.4) is 0 Å². The van der Waals surface area contributed by atoms with Gasteiger partial charge < -0.3 is 19.6 Å². The van der Waals surface area contributed by atoms with Gasteiger partial charge in [0.25, 0.3) is 5.91 Å². The highest BCUT2D eigenvalue weighted by Crippen LogP contribution is 2.31. The van der Waals surface area contributed by atoms with Gasteiger partial charge in [-0.2, -0.15) is 0 Å². The minimum Gasteiger partial charge on any atom is -0.507 e. The van der Waals surface area contributed by atoms with Crippen LogP contribution < -0.4 is 4.74 Å². The molecule has 0 aliphatic carbocycles. The van der Waals surface area contributed by atoms with E-state index in [0.29, 0.717) is 25.3 Å². The van der Waals surface area contributed by atoms with Gasteiger partial charge in [-0.25, -0.2) is 0 Å². The highest BCUT2D eigenvalue weighted by molar-refractivity contribution is 6.14. The summed E-state index contributed by atoms with van der Waals surface area (Å²) < 4.78 is 5.92. The van der Waals surface area contributed by atoms with Crippen molar-refractivity contribution in [2.45, 2.75) is 65.5 Å². The highest BCUT2D eigenvalue weighted by Gasteiger charge is 2.27. The molecule has 0 bridgehead atoms. The lowest BCUT2D eigenvalue weighted by Gasteiger charge is -2.19. The first-order chi connectivity index (χ1) is 17.7. The fourth-order valence-electron chi connectivity index (χ4n) is 4.82. The average Bonchev–Trinajstić information content (AvgIpc) is 3.29. The lowest BCUT2D eigenvalue weighted by Crippen LogP contribution is -2.26. The van der Waals surface area contributed by atoms with Crippen LogP contribution in [0.5, 0.6) is 11.5 Å².